The average molecular weight is 182 g/mol. The molecule has 1 aromatic rings. The van der Waals surface area contributed by atoms with E-state index in [4.69, 9.17) is 10.8 Å². The van der Waals surface area contributed by atoms with Gasteiger partial charge in [-0.1, -0.05) is 12.1 Å². The Labute approximate surface area is 74.9 Å². The number of aliphatic hydroxyl groups is 1. The van der Waals surface area contributed by atoms with Gasteiger partial charge >= 0.3 is 0 Å². The molecule has 0 spiro atoms. The van der Waals surface area contributed by atoms with Gasteiger partial charge in [-0.25, -0.2) is 0 Å². The van der Waals surface area contributed by atoms with Crippen molar-refractivity contribution in [1.82, 2.24) is 0 Å². The summed E-state index contributed by atoms with van der Waals surface area (Å²) in [5, 5.41) is 19.0. The van der Waals surface area contributed by atoms with Gasteiger partial charge in [-0.15, -0.1) is 0 Å². The quantitative estimate of drug-likeness (QED) is 0.528. The molecule has 0 aromatic heterocycles. The molecule has 0 saturated heterocycles. The van der Waals surface area contributed by atoms with E-state index >= 15 is 0 Å². The van der Waals surface area contributed by atoms with Gasteiger partial charge in [-0.05, 0) is 5.56 Å². The van der Waals surface area contributed by atoms with E-state index in [0.717, 1.165) is 0 Å². The summed E-state index contributed by atoms with van der Waals surface area (Å²) in [4.78, 5) is 9.80. The minimum Gasteiger partial charge on any atom is -0.394 e. The summed E-state index contributed by atoms with van der Waals surface area (Å²) in [6.45, 7) is -0.169. The van der Waals surface area contributed by atoms with Gasteiger partial charge in [0.2, 0.25) is 0 Å². The van der Waals surface area contributed by atoms with E-state index in [1.807, 2.05) is 0 Å². The van der Waals surface area contributed by atoms with Crippen molar-refractivity contribution < 1.29 is 10.0 Å². The molecule has 13 heavy (non-hydrogen) atoms. The number of non-ortho nitro benzene ring substituents is 1. The van der Waals surface area contributed by atoms with Gasteiger partial charge < -0.3 is 10.8 Å². The molecule has 0 amide bonds. The molecule has 0 saturated carbocycles. The van der Waals surface area contributed by atoms with Crippen LogP contribution in [0.2, 0.25) is 0 Å². The second kappa shape index (κ2) is 3.97. The first-order valence-corrected chi connectivity index (χ1v) is 3.76. The Balaban J connectivity index is 2.87. The summed E-state index contributed by atoms with van der Waals surface area (Å²) in [6, 6.07) is 5.34. The fourth-order valence-electron chi connectivity index (χ4n) is 0.949. The van der Waals surface area contributed by atoms with Crippen molar-refractivity contribution in [2.24, 2.45) is 5.73 Å². The molecule has 3 N–H and O–H groups in total. The van der Waals surface area contributed by atoms with Crippen LogP contribution in [0, 0.1) is 10.1 Å². The highest BCUT2D eigenvalue weighted by atomic mass is 16.6. The highest BCUT2D eigenvalue weighted by Crippen LogP contribution is 2.15. The fraction of sp³-hybridized carbons (Fsp3) is 0.250. The first kappa shape index (κ1) is 9.63. The lowest BCUT2D eigenvalue weighted by molar-refractivity contribution is -0.384. The van der Waals surface area contributed by atoms with E-state index in [2.05, 4.69) is 0 Å². The van der Waals surface area contributed by atoms with E-state index in [1.165, 1.54) is 12.1 Å². The Morgan fingerprint density at radius 2 is 2.00 bits per heavy atom. The molecule has 1 unspecified atom stereocenters. The van der Waals surface area contributed by atoms with Crippen molar-refractivity contribution in [2.45, 2.75) is 6.04 Å². The first-order chi connectivity index (χ1) is 6.15. The van der Waals surface area contributed by atoms with Crippen LogP contribution >= 0.6 is 0 Å². The maximum absolute atomic E-state index is 10.3. The maximum Gasteiger partial charge on any atom is 0.269 e. The normalized spacial score (nSPS) is 12.5. The lowest BCUT2D eigenvalue weighted by Crippen LogP contribution is -2.14. The molecular formula is C8H10N2O3. The highest BCUT2D eigenvalue weighted by molar-refractivity contribution is 5.34. The Morgan fingerprint density at radius 3 is 2.38 bits per heavy atom. The zero-order valence-corrected chi connectivity index (χ0v) is 6.88. The SMILES string of the molecule is NC(CO)c1ccc([N+](=O)[O-])cc1. The van der Waals surface area contributed by atoms with Crippen LogP contribution in [0.5, 0.6) is 0 Å². The van der Waals surface area contributed by atoms with Crippen molar-refractivity contribution in [3.63, 3.8) is 0 Å². The number of benzene rings is 1. The summed E-state index contributed by atoms with van der Waals surface area (Å²) in [5.41, 5.74) is 6.21. The smallest absolute Gasteiger partial charge is 0.269 e. The van der Waals surface area contributed by atoms with Crippen LogP contribution in [0.25, 0.3) is 0 Å². The number of nitrogens with zero attached hydrogens (tertiary/aromatic N) is 1. The predicted octanol–water partition coefficient (Wildman–Crippen LogP) is 0.587. The first-order valence-electron chi connectivity index (χ1n) is 3.76. The lowest BCUT2D eigenvalue weighted by atomic mass is 10.1. The van der Waals surface area contributed by atoms with Crippen LogP contribution in [0.15, 0.2) is 24.3 Å². The zero-order chi connectivity index (χ0) is 9.84. The van der Waals surface area contributed by atoms with Crippen LogP contribution in [0.1, 0.15) is 11.6 Å². The van der Waals surface area contributed by atoms with Crippen molar-refractivity contribution in [2.75, 3.05) is 6.61 Å². The van der Waals surface area contributed by atoms with Crippen molar-refractivity contribution in [3.05, 3.63) is 39.9 Å². The molecule has 0 aliphatic heterocycles. The van der Waals surface area contributed by atoms with E-state index in [9.17, 15) is 10.1 Å². The van der Waals surface area contributed by atoms with Gasteiger partial charge in [0.15, 0.2) is 0 Å². The van der Waals surface area contributed by atoms with Crippen LogP contribution in [-0.4, -0.2) is 16.6 Å². The third-order valence-electron chi connectivity index (χ3n) is 1.73. The molecule has 1 atom stereocenters. The zero-order valence-electron chi connectivity index (χ0n) is 6.88. The number of rotatable bonds is 3. The van der Waals surface area contributed by atoms with Crippen molar-refractivity contribution in [1.29, 1.82) is 0 Å². The Bertz CT molecular complexity index is 297. The van der Waals surface area contributed by atoms with Gasteiger partial charge in [0.25, 0.3) is 5.69 Å². The second-order valence-corrected chi connectivity index (χ2v) is 2.64. The third-order valence-corrected chi connectivity index (χ3v) is 1.73. The number of aliphatic hydroxyl groups excluding tert-OH is 1. The molecular weight excluding hydrogens is 172 g/mol. The molecule has 70 valence electrons. The molecule has 1 aromatic carbocycles. The summed E-state index contributed by atoms with van der Waals surface area (Å²) < 4.78 is 0. The Hall–Kier alpha value is -1.46. The van der Waals surface area contributed by atoms with E-state index in [-0.39, 0.29) is 12.3 Å². The summed E-state index contributed by atoms with van der Waals surface area (Å²) in [7, 11) is 0. The topological polar surface area (TPSA) is 89.4 Å². The monoisotopic (exact) mass is 182 g/mol. The molecule has 0 aliphatic rings. The van der Waals surface area contributed by atoms with E-state index in [1.54, 1.807) is 12.1 Å². The number of hydrogen-bond donors (Lipinski definition) is 2. The van der Waals surface area contributed by atoms with Gasteiger partial charge in [-0.2, -0.15) is 0 Å². The fourth-order valence-corrected chi connectivity index (χ4v) is 0.949. The second-order valence-electron chi connectivity index (χ2n) is 2.64. The van der Waals surface area contributed by atoms with E-state index in [0.29, 0.717) is 5.56 Å². The standard InChI is InChI=1S/C8H10N2O3/c9-8(5-11)6-1-3-7(4-2-6)10(12)13/h1-4,8,11H,5,9H2. The lowest BCUT2D eigenvalue weighted by Gasteiger charge is -2.06. The van der Waals surface area contributed by atoms with Crippen molar-refractivity contribution >= 4 is 5.69 Å². The van der Waals surface area contributed by atoms with Crippen LogP contribution < -0.4 is 5.73 Å². The molecule has 5 heteroatoms. The summed E-state index contributed by atoms with van der Waals surface area (Å²) in [5.74, 6) is 0. The van der Waals surface area contributed by atoms with E-state index < -0.39 is 11.0 Å². The van der Waals surface area contributed by atoms with Gasteiger partial charge in [0.1, 0.15) is 0 Å². The summed E-state index contributed by atoms with van der Waals surface area (Å²) in [6.07, 6.45) is 0. The third kappa shape index (κ3) is 2.24. The van der Waals surface area contributed by atoms with Crippen LogP contribution in [0.4, 0.5) is 5.69 Å². The van der Waals surface area contributed by atoms with Crippen molar-refractivity contribution in [3.8, 4) is 0 Å². The molecule has 0 heterocycles. The summed E-state index contributed by atoms with van der Waals surface area (Å²) >= 11 is 0. The Kier molecular flexibility index (Phi) is 2.94. The number of hydrogen-bond acceptors (Lipinski definition) is 4. The molecule has 1 rings (SSSR count). The largest absolute Gasteiger partial charge is 0.394 e. The maximum atomic E-state index is 10.3. The molecule has 0 bridgehead atoms. The number of nitro benzene ring substituents is 1. The van der Waals surface area contributed by atoms with Crippen LogP contribution in [-0.2, 0) is 0 Å². The number of nitro groups is 1. The van der Waals surface area contributed by atoms with Gasteiger partial charge in [0.05, 0.1) is 17.6 Å². The molecule has 0 fully saturated rings. The highest BCUT2D eigenvalue weighted by Gasteiger charge is 2.07. The minimum atomic E-state index is -0.478. The molecule has 0 radical (unpaired) electrons. The van der Waals surface area contributed by atoms with Crippen LogP contribution in [0.3, 0.4) is 0 Å². The number of nitrogens with two attached hydrogens (primary N) is 1. The molecule has 0 aliphatic carbocycles. The van der Waals surface area contributed by atoms with Gasteiger partial charge in [-0.3, -0.25) is 10.1 Å². The molecule has 5 nitrogen and oxygen atoms in total. The minimum absolute atomic E-state index is 0.0221. The Morgan fingerprint density at radius 1 is 1.46 bits per heavy atom. The average Bonchev–Trinajstić information content (AvgIpc) is 2.17. The van der Waals surface area contributed by atoms with Gasteiger partial charge in [0, 0.05) is 12.1 Å². The predicted molar refractivity (Wildman–Crippen MR) is 47.1 cm³/mol.